The van der Waals surface area contributed by atoms with Gasteiger partial charge in [0.1, 0.15) is 17.1 Å². The molecule has 0 radical (unpaired) electrons. The lowest BCUT2D eigenvalue weighted by Crippen LogP contribution is -2.42. The average molecular weight is 389 g/mol. The molecule has 0 saturated heterocycles. The van der Waals surface area contributed by atoms with Crippen molar-refractivity contribution in [2.75, 3.05) is 13.1 Å². The fourth-order valence-electron chi connectivity index (χ4n) is 3.13. The van der Waals surface area contributed by atoms with Gasteiger partial charge in [0.2, 0.25) is 5.91 Å². The SMILES string of the molecule is CCN(CC)C(=O)Cn1c(=O)n(-c2ccc(F)cc2C)c(=O)c2sccc21. The molecule has 0 saturated carbocycles. The Labute approximate surface area is 159 Å². The van der Waals surface area contributed by atoms with Gasteiger partial charge in [-0.3, -0.25) is 14.2 Å². The van der Waals surface area contributed by atoms with Gasteiger partial charge in [0, 0.05) is 13.1 Å². The molecule has 0 fully saturated rings. The van der Waals surface area contributed by atoms with E-state index in [9.17, 15) is 18.8 Å². The van der Waals surface area contributed by atoms with Gasteiger partial charge in [-0.05, 0) is 56.0 Å². The fourth-order valence-corrected chi connectivity index (χ4v) is 3.96. The van der Waals surface area contributed by atoms with Gasteiger partial charge in [-0.2, -0.15) is 0 Å². The van der Waals surface area contributed by atoms with Crippen LogP contribution in [0.5, 0.6) is 0 Å². The Morgan fingerprint density at radius 1 is 1.19 bits per heavy atom. The van der Waals surface area contributed by atoms with Crippen LogP contribution in [0.15, 0.2) is 39.2 Å². The number of nitrogens with zero attached hydrogens (tertiary/aromatic N) is 3. The van der Waals surface area contributed by atoms with Crippen molar-refractivity contribution in [1.82, 2.24) is 14.0 Å². The van der Waals surface area contributed by atoms with Gasteiger partial charge in [-0.15, -0.1) is 11.3 Å². The zero-order chi connectivity index (χ0) is 19.7. The van der Waals surface area contributed by atoms with Crippen molar-refractivity contribution in [3.05, 3.63) is 61.9 Å². The van der Waals surface area contributed by atoms with E-state index in [2.05, 4.69) is 0 Å². The third-order valence-electron chi connectivity index (χ3n) is 4.56. The third kappa shape index (κ3) is 3.32. The number of rotatable bonds is 5. The predicted molar refractivity (Wildman–Crippen MR) is 104 cm³/mol. The average Bonchev–Trinajstić information content (AvgIpc) is 3.11. The Morgan fingerprint density at radius 2 is 1.89 bits per heavy atom. The number of carbonyl (C=O) groups excluding carboxylic acids is 1. The van der Waals surface area contributed by atoms with Crippen molar-refractivity contribution in [2.45, 2.75) is 27.3 Å². The fraction of sp³-hybridized carbons (Fsp3) is 0.316. The van der Waals surface area contributed by atoms with Crippen molar-refractivity contribution >= 4 is 27.5 Å². The molecule has 0 aliphatic carbocycles. The van der Waals surface area contributed by atoms with Crippen LogP contribution in [-0.4, -0.2) is 33.0 Å². The van der Waals surface area contributed by atoms with Crippen LogP contribution in [0.1, 0.15) is 19.4 Å². The maximum Gasteiger partial charge on any atom is 0.336 e. The molecule has 0 aliphatic heterocycles. The first-order valence-electron chi connectivity index (χ1n) is 8.66. The summed E-state index contributed by atoms with van der Waals surface area (Å²) in [6, 6.07) is 5.55. The molecule has 1 aromatic carbocycles. The first-order valence-corrected chi connectivity index (χ1v) is 9.54. The van der Waals surface area contributed by atoms with Gasteiger partial charge >= 0.3 is 5.69 Å². The highest BCUT2D eigenvalue weighted by Crippen LogP contribution is 2.18. The van der Waals surface area contributed by atoms with Crippen LogP contribution in [0.25, 0.3) is 15.9 Å². The first-order chi connectivity index (χ1) is 12.9. The minimum atomic E-state index is -0.610. The summed E-state index contributed by atoms with van der Waals surface area (Å²) in [5, 5.41) is 1.71. The van der Waals surface area contributed by atoms with Crippen LogP contribution < -0.4 is 11.2 Å². The Bertz CT molecular complexity index is 1130. The molecular formula is C19H20FN3O3S. The summed E-state index contributed by atoms with van der Waals surface area (Å²) < 4.78 is 16.2. The van der Waals surface area contributed by atoms with Gasteiger partial charge in [0.15, 0.2) is 0 Å². The van der Waals surface area contributed by atoms with E-state index < -0.39 is 17.1 Å². The number of amides is 1. The second kappa shape index (κ2) is 7.48. The third-order valence-corrected chi connectivity index (χ3v) is 5.46. The predicted octanol–water partition coefficient (Wildman–Crippen LogP) is 2.53. The zero-order valence-electron chi connectivity index (χ0n) is 15.4. The van der Waals surface area contributed by atoms with E-state index in [0.717, 1.165) is 4.57 Å². The van der Waals surface area contributed by atoms with Crippen LogP contribution >= 0.6 is 11.3 Å². The molecule has 0 atom stereocenters. The molecule has 0 aliphatic rings. The van der Waals surface area contributed by atoms with E-state index in [1.165, 1.54) is 34.1 Å². The summed E-state index contributed by atoms with van der Waals surface area (Å²) in [5.41, 5.74) is 0.136. The van der Waals surface area contributed by atoms with Crippen LogP contribution in [0.4, 0.5) is 4.39 Å². The van der Waals surface area contributed by atoms with E-state index in [0.29, 0.717) is 34.6 Å². The molecule has 6 nitrogen and oxygen atoms in total. The van der Waals surface area contributed by atoms with E-state index in [-0.39, 0.29) is 12.5 Å². The first kappa shape index (κ1) is 19.0. The Kier molecular flexibility index (Phi) is 5.27. The molecule has 142 valence electrons. The molecule has 0 bridgehead atoms. The number of thiophene rings is 1. The molecule has 2 aromatic heterocycles. The summed E-state index contributed by atoms with van der Waals surface area (Å²) in [6.07, 6.45) is 0. The van der Waals surface area contributed by atoms with Crippen LogP contribution in [-0.2, 0) is 11.3 Å². The monoisotopic (exact) mass is 389 g/mol. The Hall–Kier alpha value is -2.74. The molecule has 0 N–H and O–H groups in total. The number of benzene rings is 1. The Balaban J connectivity index is 2.26. The molecule has 1 amide bonds. The van der Waals surface area contributed by atoms with Crippen molar-refractivity contribution < 1.29 is 9.18 Å². The highest BCUT2D eigenvalue weighted by molar-refractivity contribution is 7.17. The molecule has 3 rings (SSSR count). The van der Waals surface area contributed by atoms with E-state index in [4.69, 9.17) is 0 Å². The van der Waals surface area contributed by atoms with E-state index >= 15 is 0 Å². The molecule has 8 heteroatoms. The number of hydrogen-bond donors (Lipinski definition) is 0. The molecule has 27 heavy (non-hydrogen) atoms. The standard InChI is InChI=1S/C19H20FN3O3S/c1-4-21(5-2)16(24)11-22-15-8-9-27-17(15)18(25)23(19(22)26)14-7-6-13(20)10-12(14)3/h6-10H,4-5,11H2,1-3H3. The van der Waals surface area contributed by atoms with Gasteiger partial charge in [0.25, 0.3) is 5.56 Å². The summed E-state index contributed by atoms with van der Waals surface area (Å²) >= 11 is 1.21. The lowest BCUT2D eigenvalue weighted by molar-refractivity contribution is -0.131. The van der Waals surface area contributed by atoms with Gasteiger partial charge in [0.05, 0.1) is 11.2 Å². The van der Waals surface area contributed by atoms with E-state index in [1.54, 1.807) is 23.3 Å². The van der Waals surface area contributed by atoms with Crippen LogP contribution in [0.3, 0.4) is 0 Å². The highest BCUT2D eigenvalue weighted by Gasteiger charge is 2.20. The highest BCUT2D eigenvalue weighted by atomic mass is 32.1. The number of aromatic nitrogens is 2. The Morgan fingerprint density at radius 3 is 2.52 bits per heavy atom. The lowest BCUT2D eigenvalue weighted by atomic mass is 10.2. The number of halogens is 1. The van der Waals surface area contributed by atoms with Crippen molar-refractivity contribution in [3.8, 4) is 5.69 Å². The number of carbonyl (C=O) groups is 1. The van der Waals surface area contributed by atoms with E-state index in [1.807, 2.05) is 13.8 Å². The summed E-state index contributed by atoms with van der Waals surface area (Å²) in [7, 11) is 0. The van der Waals surface area contributed by atoms with Gasteiger partial charge < -0.3 is 4.90 Å². The van der Waals surface area contributed by atoms with Gasteiger partial charge in [-0.1, -0.05) is 0 Å². The number of likely N-dealkylation sites (N-methyl/N-ethyl adjacent to an activating group) is 1. The second-order valence-electron chi connectivity index (χ2n) is 6.14. The number of hydrogen-bond acceptors (Lipinski definition) is 4. The van der Waals surface area contributed by atoms with Crippen molar-refractivity contribution in [1.29, 1.82) is 0 Å². The maximum absolute atomic E-state index is 13.5. The molecule has 0 spiro atoms. The molecule has 0 unspecified atom stereocenters. The second-order valence-corrected chi connectivity index (χ2v) is 7.06. The summed E-state index contributed by atoms with van der Waals surface area (Å²) in [4.78, 5) is 40.2. The number of aryl methyl sites for hydroxylation is 1. The van der Waals surface area contributed by atoms with Crippen LogP contribution in [0, 0.1) is 12.7 Å². The number of fused-ring (bicyclic) bond motifs is 1. The summed E-state index contributed by atoms with van der Waals surface area (Å²) in [5.74, 6) is -0.644. The quantitative estimate of drug-likeness (QED) is 0.674. The molecular weight excluding hydrogens is 369 g/mol. The molecule has 3 aromatic rings. The normalized spacial score (nSPS) is 11.1. The lowest BCUT2D eigenvalue weighted by Gasteiger charge is -2.20. The van der Waals surface area contributed by atoms with Gasteiger partial charge in [-0.25, -0.2) is 13.8 Å². The van der Waals surface area contributed by atoms with Crippen molar-refractivity contribution in [3.63, 3.8) is 0 Å². The minimum absolute atomic E-state index is 0.158. The topological polar surface area (TPSA) is 64.3 Å². The largest absolute Gasteiger partial charge is 0.342 e. The minimum Gasteiger partial charge on any atom is -0.342 e. The van der Waals surface area contributed by atoms with Crippen LogP contribution in [0.2, 0.25) is 0 Å². The smallest absolute Gasteiger partial charge is 0.336 e. The summed E-state index contributed by atoms with van der Waals surface area (Å²) in [6.45, 7) is 6.28. The maximum atomic E-state index is 13.5. The van der Waals surface area contributed by atoms with Crippen molar-refractivity contribution in [2.24, 2.45) is 0 Å². The molecule has 2 heterocycles. The zero-order valence-corrected chi connectivity index (χ0v) is 16.2.